The Labute approximate surface area is 168 Å². The van der Waals surface area contributed by atoms with E-state index in [0.717, 1.165) is 26.9 Å². The number of hydrogen-bond acceptors (Lipinski definition) is 3. The van der Waals surface area contributed by atoms with E-state index >= 15 is 0 Å². The minimum Gasteiger partial charge on any atom is -0.350 e. The molecule has 0 fully saturated rings. The van der Waals surface area contributed by atoms with E-state index in [1.807, 2.05) is 49.4 Å². The second kappa shape index (κ2) is 8.07. The standard InChI is InChI=1S/C23H22N2O2S/c1-16(18-10-6-8-17-7-2-3-9-19(17)18)24-22(26)13-14-25-20-11-4-5-12-21(20)28-15-23(25)27/h2-12,16H,13-15H2,1H3,(H,24,26). The van der Waals surface area contributed by atoms with Gasteiger partial charge in [0.2, 0.25) is 11.8 Å². The largest absolute Gasteiger partial charge is 0.350 e. The molecule has 0 bridgehead atoms. The van der Waals surface area contributed by atoms with Crippen molar-refractivity contribution in [3.05, 3.63) is 72.3 Å². The SMILES string of the molecule is CC(NC(=O)CCN1C(=O)CSc2ccccc21)c1cccc2ccccc12. The number of carbonyl (C=O) groups is 2. The van der Waals surface area contributed by atoms with Gasteiger partial charge in [0.1, 0.15) is 0 Å². The fourth-order valence-corrected chi connectivity index (χ4v) is 4.57. The molecule has 1 aliphatic heterocycles. The quantitative estimate of drug-likeness (QED) is 0.695. The highest BCUT2D eigenvalue weighted by Gasteiger charge is 2.25. The molecule has 1 heterocycles. The van der Waals surface area contributed by atoms with Crippen LogP contribution >= 0.6 is 11.8 Å². The normalized spacial score (nSPS) is 14.6. The third-order valence-corrected chi connectivity index (χ3v) is 6.09. The summed E-state index contributed by atoms with van der Waals surface area (Å²) in [5.41, 5.74) is 2.00. The maximum Gasteiger partial charge on any atom is 0.237 e. The molecule has 142 valence electrons. The van der Waals surface area contributed by atoms with Crippen molar-refractivity contribution in [2.24, 2.45) is 0 Å². The summed E-state index contributed by atoms with van der Waals surface area (Å²) in [6.45, 7) is 2.39. The molecule has 3 aromatic carbocycles. The van der Waals surface area contributed by atoms with Gasteiger partial charge in [-0.05, 0) is 35.4 Å². The van der Waals surface area contributed by atoms with Crippen LogP contribution in [0.25, 0.3) is 10.8 Å². The van der Waals surface area contributed by atoms with Crippen LogP contribution in [0.4, 0.5) is 5.69 Å². The molecule has 3 aromatic rings. The lowest BCUT2D eigenvalue weighted by Crippen LogP contribution is -2.38. The van der Waals surface area contributed by atoms with Gasteiger partial charge in [-0.25, -0.2) is 0 Å². The van der Waals surface area contributed by atoms with Crippen molar-refractivity contribution in [2.75, 3.05) is 17.2 Å². The van der Waals surface area contributed by atoms with Gasteiger partial charge < -0.3 is 10.2 Å². The first-order chi connectivity index (χ1) is 13.6. The average Bonchev–Trinajstić information content (AvgIpc) is 2.72. The first-order valence-corrected chi connectivity index (χ1v) is 10.4. The van der Waals surface area contributed by atoms with E-state index in [1.165, 1.54) is 0 Å². The van der Waals surface area contributed by atoms with Gasteiger partial charge in [-0.1, -0.05) is 54.6 Å². The Morgan fingerprint density at radius 3 is 2.71 bits per heavy atom. The Morgan fingerprint density at radius 2 is 1.82 bits per heavy atom. The van der Waals surface area contributed by atoms with Crippen molar-refractivity contribution >= 4 is 40.0 Å². The van der Waals surface area contributed by atoms with Gasteiger partial charge in [0.05, 0.1) is 17.5 Å². The average molecular weight is 391 g/mol. The summed E-state index contributed by atoms with van der Waals surface area (Å²) < 4.78 is 0. The fraction of sp³-hybridized carbons (Fsp3) is 0.217. The number of fused-ring (bicyclic) bond motifs is 2. The summed E-state index contributed by atoms with van der Waals surface area (Å²) in [7, 11) is 0. The lowest BCUT2D eigenvalue weighted by molar-refractivity contribution is -0.121. The number of benzene rings is 3. The number of nitrogens with zero attached hydrogens (tertiary/aromatic N) is 1. The number of hydrogen-bond donors (Lipinski definition) is 1. The van der Waals surface area contributed by atoms with Gasteiger partial charge in [0, 0.05) is 17.9 Å². The van der Waals surface area contributed by atoms with Gasteiger partial charge in [0.15, 0.2) is 0 Å². The molecule has 0 saturated carbocycles. The highest BCUT2D eigenvalue weighted by molar-refractivity contribution is 8.00. The number of nitrogens with one attached hydrogen (secondary N) is 1. The van der Waals surface area contributed by atoms with Crippen LogP contribution in [0.1, 0.15) is 24.9 Å². The Bertz CT molecular complexity index is 1030. The van der Waals surface area contributed by atoms with Crippen LogP contribution in [0, 0.1) is 0 Å². The first kappa shape index (κ1) is 18.6. The molecule has 2 amide bonds. The Balaban J connectivity index is 1.43. The monoisotopic (exact) mass is 390 g/mol. The molecular formula is C23H22N2O2S. The van der Waals surface area contributed by atoms with Crippen LogP contribution in [0.5, 0.6) is 0 Å². The summed E-state index contributed by atoms with van der Waals surface area (Å²) in [4.78, 5) is 27.7. The van der Waals surface area contributed by atoms with Crippen LogP contribution in [0.2, 0.25) is 0 Å². The predicted molar refractivity (Wildman–Crippen MR) is 115 cm³/mol. The third-order valence-electron chi connectivity index (χ3n) is 5.04. The minimum atomic E-state index is -0.0986. The van der Waals surface area contributed by atoms with Crippen molar-refractivity contribution < 1.29 is 9.59 Å². The van der Waals surface area contributed by atoms with Crippen LogP contribution in [-0.4, -0.2) is 24.1 Å². The van der Waals surface area contributed by atoms with Crippen LogP contribution in [0.15, 0.2) is 71.6 Å². The summed E-state index contributed by atoms with van der Waals surface area (Å²) in [5, 5.41) is 5.39. The summed E-state index contributed by atoms with van der Waals surface area (Å²) >= 11 is 1.55. The van der Waals surface area contributed by atoms with Crippen molar-refractivity contribution in [1.29, 1.82) is 0 Å². The molecule has 28 heavy (non-hydrogen) atoms. The second-order valence-electron chi connectivity index (χ2n) is 6.91. The molecule has 1 aliphatic rings. The smallest absolute Gasteiger partial charge is 0.237 e. The van der Waals surface area contributed by atoms with Crippen molar-refractivity contribution in [3.8, 4) is 0 Å². The molecule has 0 spiro atoms. The van der Waals surface area contributed by atoms with Gasteiger partial charge >= 0.3 is 0 Å². The number of para-hydroxylation sites is 1. The Morgan fingerprint density at radius 1 is 1.07 bits per heavy atom. The maximum absolute atomic E-state index is 12.6. The van der Waals surface area contributed by atoms with Gasteiger partial charge in [0.25, 0.3) is 0 Å². The van der Waals surface area contributed by atoms with E-state index in [9.17, 15) is 9.59 Å². The number of thioether (sulfide) groups is 1. The molecule has 5 heteroatoms. The molecule has 1 atom stereocenters. The molecular weight excluding hydrogens is 368 g/mol. The minimum absolute atomic E-state index is 0.0519. The third kappa shape index (κ3) is 3.76. The Kier molecular flexibility index (Phi) is 5.35. The van der Waals surface area contributed by atoms with E-state index in [1.54, 1.807) is 16.7 Å². The Hall–Kier alpha value is -2.79. The summed E-state index contributed by atoms with van der Waals surface area (Å²) in [6.07, 6.45) is 0.278. The van der Waals surface area contributed by atoms with Crippen molar-refractivity contribution in [3.63, 3.8) is 0 Å². The van der Waals surface area contributed by atoms with E-state index in [0.29, 0.717) is 12.3 Å². The summed E-state index contributed by atoms with van der Waals surface area (Å²) in [6, 6.07) is 22.1. The number of amides is 2. The lowest BCUT2D eigenvalue weighted by Gasteiger charge is -2.29. The zero-order valence-electron chi connectivity index (χ0n) is 15.7. The van der Waals surface area contributed by atoms with Crippen molar-refractivity contribution in [1.82, 2.24) is 5.32 Å². The highest BCUT2D eigenvalue weighted by atomic mass is 32.2. The van der Waals surface area contributed by atoms with Gasteiger partial charge in [-0.15, -0.1) is 11.8 Å². The molecule has 4 nitrogen and oxygen atoms in total. The number of rotatable bonds is 5. The topological polar surface area (TPSA) is 49.4 Å². The molecule has 1 N–H and O–H groups in total. The van der Waals surface area contributed by atoms with E-state index < -0.39 is 0 Å². The molecule has 4 rings (SSSR count). The predicted octanol–water partition coefficient (Wildman–Crippen LogP) is 4.55. The highest BCUT2D eigenvalue weighted by Crippen LogP contribution is 2.34. The first-order valence-electron chi connectivity index (χ1n) is 9.43. The van der Waals surface area contributed by atoms with Crippen molar-refractivity contribution in [2.45, 2.75) is 24.3 Å². The number of anilines is 1. The van der Waals surface area contributed by atoms with E-state index in [2.05, 4.69) is 29.6 Å². The van der Waals surface area contributed by atoms with Crippen LogP contribution in [0.3, 0.4) is 0 Å². The van der Waals surface area contributed by atoms with Gasteiger partial charge in [-0.2, -0.15) is 0 Å². The molecule has 1 unspecified atom stereocenters. The molecule has 0 aliphatic carbocycles. The van der Waals surface area contributed by atoms with E-state index in [4.69, 9.17) is 0 Å². The summed E-state index contributed by atoms with van der Waals surface area (Å²) in [5.74, 6) is 0.424. The zero-order valence-corrected chi connectivity index (χ0v) is 16.5. The second-order valence-corrected chi connectivity index (χ2v) is 7.93. The number of carbonyl (C=O) groups excluding carboxylic acids is 2. The van der Waals surface area contributed by atoms with Gasteiger partial charge in [-0.3, -0.25) is 9.59 Å². The van der Waals surface area contributed by atoms with Crippen LogP contribution < -0.4 is 10.2 Å². The zero-order chi connectivity index (χ0) is 19.5. The fourth-order valence-electron chi connectivity index (χ4n) is 3.63. The molecule has 0 aromatic heterocycles. The lowest BCUT2D eigenvalue weighted by atomic mass is 9.99. The molecule has 0 saturated heterocycles. The van der Waals surface area contributed by atoms with Crippen LogP contribution in [-0.2, 0) is 9.59 Å². The van der Waals surface area contributed by atoms with E-state index in [-0.39, 0.29) is 24.3 Å². The maximum atomic E-state index is 12.6. The molecule has 0 radical (unpaired) electrons.